The maximum Gasteiger partial charge on any atom is 0.240 e. The molecular formula is C28H28N4O3S2. The summed E-state index contributed by atoms with van der Waals surface area (Å²) in [5, 5.41) is 12.1. The molecule has 3 heterocycles. The van der Waals surface area contributed by atoms with Gasteiger partial charge in [-0.3, -0.25) is 14.5 Å². The molecule has 0 saturated heterocycles. The SMILES string of the molecule is COc1ccc(-n2nc(-c3ccccc3)c3c2N(CC(=O)NC(C)C)C(=O)CS[C@@H]3c2ccsc2)cc1. The van der Waals surface area contributed by atoms with E-state index in [9.17, 15) is 9.59 Å². The summed E-state index contributed by atoms with van der Waals surface area (Å²) in [5.74, 6) is 1.26. The zero-order valence-electron chi connectivity index (χ0n) is 20.9. The maximum absolute atomic E-state index is 13.6. The van der Waals surface area contributed by atoms with Crippen LogP contribution in [0.1, 0.15) is 30.2 Å². The number of rotatable bonds is 7. The van der Waals surface area contributed by atoms with E-state index in [2.05, 4.69) is 16.8 Å². The number of fused-ring (bicyclic) bond motifs is 1. The maximum atomic E-state index is 13.6. The summed E-state index contributed by atoms with van der Waals surface area (Å²) in [6.45, 7) is 3.73. The second-order valence-corrected chi connectivity index (χ2v) is 10.9. The number of thiophene rings is 1. The van der Waals surface area contributed by atoms with Crippen LogP contribution in [0, 0.1) is 0 Å². The van der Waals surface area contributed by atoms with E-state index in [-0.39, 0.29) is 35.4 Å². The molecule has 1 aliphatic rings. The second-order valence-electron chi connectivity index (χ2n) is 9.01. The first-order valence-corrected chi connectivity index (χ1v) is 14.0. The highest BCUT2D eigenvalue weighted by atomic mass is 32.2. The Morgan fingerprint density at radius 1 is 1.14 bits per heavy atom. The molecule has 190 valence electrons. The highest BCUT2D eigenvalue weighted by Crippen LogP contribution is 2.48. The monoisotopic (exact) mass is 532 g/mol. The predicted octanol–water partition coefficient (Wildman–Crippen LogP) is 5.30. The normalized spacial score (nSPS) is 15.4. The number of thioether (sulfide) groups is 1. The summed E-state index contributed by atoms with van der Waals surface area (Å²) in [6, 6.07) is 19.6. The quantitative estimate of drug-likeness (QED) is 0.349. The molecule has 0 unspecified atom stereocenters. The minimum Gasteiger partial charge on any atom is -0.497 e. The summed E-state index contributed by atoms with van der Waals surface area (Å²) < 4.78 is 7.15. The molecule has 7 nitrogen and oxygen atoms in total. The standard InChI is InChI=1S/C28H28N4O3S2/c1-18(2)29-23(33)15-31-24(34)17-37-27(20-13-14-36-16-20)25-26(19-7-5-4-6-8-19)30-32(28(25)31)21-9-11-22(35-3)12-10-21/h4-14,16,18,27H,15,17H2,1-3H3,(H,29,33)/t27-/m1/s1. The zero-order valence-corrected chi connectivity index (χ0v) is 22.5. The number of methoxy groups -OCH3 is 1. The minimum atomic E-state index is -0.211. The molecular weight excluding hydrogens is 504 g/mol. The minimum absolute atomic E-state index is 0.0339. The van der Waals surface area contributed by atoms with E-state index in [1.165, 1.54) is 0 Å². The van der Waals surface area contributed by atoms with Crippen LogP contribution in [0.3, 0.4) is 0 Å². The van der Waals surface area contributed by atoms with Crippen LogP contribution in [0.15, 0.2) is 71.4 Å². The van der Waals surface area contributed by atoms with Crippen molar-refractivity contribution in [3.05, 3.63) is 82.6 Å². The third-order valence-corrected chi connectivity index (χ3v) is 8.01. The third-order valence-electron chi connectivity index (χ3n) is 6.05. The molecule has 0 saturated carbocycles. The molecule has 0 aliphatic carbocycles. The van der Waals surface area contributed by atoms with E-state index >= 15 is 0 Å². The number of nitrogens with zero attached hydrogens (tertiary/aromatic N) is 3. The van der Waals surface area contributed by atoms with E-state index in [1.807, 2.05) is 73.8 Å². The molecule has 2 amide bonds. The Bertz CT molecular complexity index is 1380. The first-order chi connectivity index (χ1) is 18.0. The lowest BCUT2D eigenvalue weighted by Gasteiger charge is -2.23. The number of carbonyl (C=O) groups is 2. The third kappa shape index (κ3) is 5.14. The van der Waals surface area contributed by atoms with Crippen molar-refractivity contribution in [3.63, 3.8) is 0 Å². The van der Waals surface area contributed by atoms with Crippen molar-refractivity contribution in [3.8, 4) is 22.7 Å². The summed E-state index contributed by atoms with van der Waals surface area (Å²) in [4.78, 5) is 28.2. The number of ether oxygens (including phenoxy) is 1. The largest absolute Gasteiger partial charge is 0.497 e. The van der Waals surface area contributed by atoms with Gasteiger partial charge in [0.1, 0.15) is 18.1 Å². The van der Waals surface area contributed by atoms with Gasteiger partial charge in [0.15, 0.2) is 0 Å². The fourth-order valence-corrected chi connectivity index (χ4v) is 6.39. The van der Waals surface area contributed by atoms with E-state index in [0.29, 0.717) is 5.82 Å². The molecule has 37 heavy (non-hydrogen) atoms. The number of aromatic nitrogens is 2. The highest BCUT2D eigenvalue weighted by molar-refractivity contribution is 8.00. The molecule has 1 N–H and O–H groups in total. The van der Waals surface area contributed by atoms with E-state index in [0.717, 1.165) is 33.8 Å². The Morgan fingerprint density at radius 2 is 1.89 bits per heavy atom. The van der Waals surface area contributed by atoms with Gasteiger partial charge < -0.3 is 10.1 Å². The molecule has 5 rings (SSSR count). The Kier molecular flexibility index (Phi) is 7.34. The number of hydrogen-bond donors (Lipinski definition) is 1. The Balaban J connectivity index is 1.77. The van der Waals surface area contributed by atoms with E-state index in [1.54, 1.807) is 39.8 Å². The first kappa shape index (κ1) is 25.1. The number of hydrogen-bond acceptors (Lipinski definition) is 6. The summed E-state index contributed by atoms with van der Waals surface area (Å²) in [6.07, 6.45) is 0. The van der Waals surface area contributed by atoms with Crippen LogP contribution in [-0.4, -0.2) is 47.0 Å². The van der Waals surface area contributed by atoms with Gasteiger partial charge in [0.2, 0.25) is 11.8 Å². The summed E-state index contributed by atoms with van der Waals surface area (Å²) >= 11 is 3.20. The van der Waals surface area contributed by atoms with Gasteiger partial charge in [-0.25, -0.2) is 4.68 Å². The van der Waals surface area contributed by atoms with Crippen LogP contribution < -0.4 is 15.0 Å². The number of amides is 2. The lowest BCUT2D eigenvalue weighted by molar-refractivity contribution is -0.123. The van der Waals surface area contributed by atoms with Gasteiger partial charge in [-0.2, -0.15) is 16.4 Å². The van der Waals surface area contributed by atoms with E-state index in [4.69, 9.17) is 9.84 Å². The molecule has 2 aromatic carbocycles. The zero-order chi connectivity index (χ0) is 25.9. The van der Waals surface area contributed by atoms with Crippen molar-refractivity contribution in [1.82, 2.24) is 15.1 Å². The van der Waals surface area contributed by atoms with Crippen LogP contribution in [0.4, 0.5) is 5.82 Å². The molecule has 1 atom stereocenters. The Hall–Kier alpha value is -3.56. The molecule has 9 heteroatoms. The molecule has 4 aromatic rings. The lowest BCUT2D eigenvalue weighted by atomic mass is 10.0. The van der Waals surface area contributed by atoms with Gasteiger partial charge in [0.25, 0.3) is 0 Å². The molecule has 1 aliphatic heterocycles. The van der Waals surface area contributed by atoms with Crippen molar-refractivity contribution in [2.75, 3.05) is 24.3 Å². The highest BCUT2D eigenvalue weighted by Gasteiger charge is 2.37. The van der Waals surface area contributed by atoms with Gasteiger partial charge in [0, 0.05) is 17.2 Å². The predicted molar refractivity (Wildman–Crippen MR) is 150 cm³/mol. The van der Waals surface area contributed by atoms with Crippen molar-refractivity contribution in [2.45, 2.75) is 25.1 Å². The van der Waals surface area contributed by atoms with Gasteiger partial charge in [-0.05, 0) is 60.5 Å². The van der Waals surface area contributed by atoms with Crippen molar-refractivity contribution in [2.24, 2.45) is 0 Å². The van der Waals surface area contributed by atoms with Gasteiger partial charge >= 0.3 is 0 Å². The molecule has 0 bridgehead atoms. The topological polar surface area (TPSA) is 76.5 Å². The second kappa shape index (κ2) is 10.8. The fourth-order valence-electron chi connectivity index (χ4n) is 4.43. The van der Waals surface area contributed by atoms with Crippen molar-refractivity contribution < 1.29 is 14.3 Å². The van der Waals surface area contributed by atoms with Crippen molar-refractivity contribution in [1.29, 1.82) is 0 Å². The number of carbonyl (C=O) groups excluding carboxylic acids is 2. The van der Waals surface area contributed by atoms with Gasteiger partial charge in [-0.1, -0.05) is 30.3 Å². The fraction of sp³-hybridized carbons (Fsp3) is 0.250. The molecule has 2 aromatic heterocycles. The number of nitrogens with one attached hydrogen (secondary N) is 1. The molecule has 0 spiro atoms. The molecule has 0 radical (unpaired) electrons. The van der Waals surface area contributed by atoms with E-state index < -0.39 is 0 Å². The molecule has 0 fully saturated rings. The van der Waals surface area contributed by atoms with Crippen LogP contribution in [-0.2, 0) is 9.59 Å². The lowest BCUT2D eigenvalue weighted by Crippen LogP contribution is -2.44. The average molecular weight is 533 g/mol. The number of anilines is 1. The van der Waals surface area contributed by atoms with Crippen LogP contribution in [0.2, 0.25) is 0 Å². The average Bonchev–Trinajstić information content (AvgIpc) is 3.54. The van der Waals surface area contributed by atoms with Gasteiger partial charge in [0.05, 0.1) is 29.5 Å². The van der Waals surface area contributed by atoms with Crippen LogP contribution in [0.5, 0.6) is 5.75 Å². The van der Waals surface area contributed by atoms with Crippen molar-refractivity contribution >= 4 is 40.7 Å². The smallest absolute Gasteiger partial charge is 0.240 e. The summed E-state index contributed by atoms with van der Waals surface area (Å²) in [7, 11) is 1.62. The first-order valence-electron chi connectivity index (χ1n) is 12.0. The van der Waals surface area contributed by atoms with Crippen LogP contribution in [0.25, 0.3) is 16.9 Å². The Labute approximate surface area is 224 Å². The Morgan fingerprint density at radius 3 is 2.54 bits per heavy atom. The van der Waals surface area contributed by atoms with Crippen LogP contribution >= 0.6 is 23.1 Å². The number of benzene rings is 2. The van der Waals surface area contributed by atoms with Gasteiger partial charge in [-0.15, -0.1) is 11.8 Å². The summed E-state index contributed by atoms with van der Waals surface area (Å²) in [5.41, 5.74) is 4.56.